The first-order valence-corrected chi connectivity index (χ1v) is 31.8. The van der Waals surface area contributed by atoms with E-state index in [0.29, 0.717) is 19.4 Å². The molecule has 0 rings (SSSR count). The lowest BCUT2D eigenvalue weighted by molar-refractivity contribution is -0.143. The second kappa shape index (κ2) is 60.6. The molecule has 0 saturated heterocycles. The zero-order valence-electron chi connectivity index (χ0n) is 47.7. The van der Waals surface area contributed by atoms with Gasteiger partial charge in [0.25, 0.3) is 0 Å². The molecule has 0 fully saturated rings. The van der Waals surface area contributed by atoms with Gasteiger partial charge < -0.3 is 20.3 Å². The molecule has 0 aliphatic heterocycles. The average Bonchev–Trinajstić information content (AvgIpc) is 3.37. The smallest absolute Gasteiger partial charge is 0.305 e. The number of hydrogen-bond donors (Lipinski definition) is 3. The van der Waals surface area contributed by atoms with Crippen LogP contribution in [0, 0.1) is 0 Å². The van der Waals surface area contributed by atoms with Crippen molar-refractivity contribution in [2.75, 3.05) is 13.2 Å². The molecular formula is C65H123NO5. The van der Waals surface area contributed by atoms with Crippen molar-refractivity contribution in [1.82, 2.24) is 5.32 Å². The molecule has 6 nitrogen and oxygen atoms in total. The van der Waals surface area contributed by atoms with Crippen LogP contribution in [0.25, 0.3) is 0 Å². The van der Waals surface area contributed by atoms with E-state index in [9.17, 15) is 19.8 Å². The van der Waals surface area contributed by atoms with Crippen LogP contribution in [0.1, 0.15) is 341 Å². The van der Waals surface area contributed by atoms with E-state index in [4.69, 9.17) is 4.74 Å². The fourth-order valence-corrected chi connectivity index (χ4v) is 9.78. The number of allylic oxidation sites excluding steroid dienone is 5. The number of nitrogens with one attached hydrogen (secondary N) is 1. The van der Waals surface area contributed by atoms with E-state index in [2.05, 4.69) is 43.5 Å². The fourth-order valence-electron chi connectivity index (χ4n) is 9.78. The molecule has 3 N–H and O–H groups in total. The summed E-state index contributed by atoms with van der Waals surface area (Å²) < 4.78 is 5.48. The Balaban J connectivity index is 3.47. The zero-order valence-corrected chi connectivity index (χ0v) is 47.7. The molecule has 0 aromatic rings. The molecule has 71 heavy (non-hydrogen) atoms. The highest BCUT2D eigenvalue weighted by Crippen LogP contribution is 2.17. The normalized spacial score (nSPS) is 12.8. The first-order chi connectivity index (χ1) is 35.0. The highest BCUT2D eigenvalue weighted by Gasteiger charge is 2.18. The minimum atomic E-state index is -0.851. The summed E-state index contributed by atoms with van der Waals surface area (Å²) in [4.78, 5) is 24.5. The monoisotopic (exact) mass is 998 g/mol. The molecule has 2 unspecified atom stereocenters. The van der Waals surface area contributed by atoms with Crippen LogP contribution in [0.4, 0.5) is 0 Å². The van der Waals surface area contributed by atoms with Gasteiger partial charge in [-0.2, -0.15) is 0 Å². The largest absolute Gasteiger partial charge is 0.466 e. The Bertz CT molecular complexity index is 1150. The Morgan fingerprint density at radius 2 is 0.704 bits per heavy atom. The summed E-state index contributed by atoms with van der Waals surface area (Å²) >= 11 is 0. The van der Waals surface area contributed by atoms with Gasteiger partial charge in [-0.3, -0.25) is 9.59 Å². The minimum Gasteiger partial charge on any atom is -0.466 e. The number of esters is 1. The van der Waals surface area contributed by atoms with Gasteiger partial charge in [-0.25, -0.2) is 0 Å². The van der Waals surface area contributed by atoms with Crippen LogP contribution in [-0.2, 0) is 14.3 Å². The standard InChI is InChI=1S/C65H123NO5/c1-3-5-7-9-11-13-15-17-19-27-30-33-37-41-45-49-53-57-63(68)62(61-67)66-64(69)58-54-50-46-42-38-34-31-28-25-23-21-20-22-24-26-29-32-36-40-44-48-52-56-60-71-65(70)59-55-51-47-43-39-35-18-16-14-12-10-8-6-4-2/h20,22-23,25,53,57,62-63,67-68H,3-19,21,24,26-52,54-56,58-61H2,1-2H3,(H,66,69)/b22-20-,25-23-,57-53+. The van der Waals surface area contributed by atoms with E-state index in [1.54, 1.807) is 6.08 Å². The van der Waals surface area contributed by atoms with Gasteiger partial charge in [-0.15, -0.1) is 0 Å². The summed E-state index contributed by atoms with van der Waals surface area (Å²) in [6.07, 6.45) is 76.1. The summed E-state index contributed by atoms with van der Waals surface area (Å²) in [5.74, 6) is -0.0677. The van der Waals surface area contributed by atoms with Crippen LogP contribution in [0.15, 0.2) is 36.5 Å². The molecule has 0 spiro atoms. The van der Waals surface area contributed by atoms with Crippen molar-refractivity contribution in [3.63, 3.8) is 0 Å². The van der Waals surface area contributed by atoms with Crippen LogP contribution < -0.4 is 5.32 Å². The van der Waals surface area contributed by atoms with E-state index in [1.165, 1.54) is 257 Å². The van der Waals surface area contributed by atoms with Crippen molar-refractivity contribution in [2.45, 2.75) is 353 Å². The molecule has 0 bridgehead atoms. The molecule has 0 aromatic heterocycles. The van der Waals surface area contributed by atoms with E-state index in [1.807, 2.05) is 6.08 Å². The number of unbranched alkanes of at least 4 members (excludes halogenated alkanes) is 44. The van der Waals surface area contributed by atoms with Crippen molar-refractivity contribution in [3.8, 4) is 0 Å². The van der Waals surface area contributed by atoms with E-state index in [-0.39, 0.29) is 18.5 Å². The topological polar surface area (TPSA) is 95.9 Å². The van der Waals surface area contributed by atoms with Crippen molar-refractivity contribution >= 4 is 11.9 Å². The third-order valence-corrected chi connectivity index (χ3v) is 14.7. The summed E-state index contributed by atoms with van der Waals surface area (Å²) in [5.41, 5.74) is 0. The summed E-state index contributed by atoms with van der Waals surface area (Å²) in [7, 11) is 0. The van der Waals surface area contributed by atoms with Gasteiger partial charge in [-0.05, 0) is 64.2 Å². The Labute approximate surface area is 443 Å². The predicted octanol–water partition coefficient (Wildman–Crippen LogP) is 20.0. The van der Waals surface area contributed by atoms with E-state index >= 15 is 0 Å². The number of amides is 1. The minimum absolute atomic E-state index is 0.00889. The third kappa shape index (κ3) is 57.2. The Kier molecular flexibility index (Phi) is 59.0. The molecule has 0 radical (unpaired) electrons. The summed E-state index contributed by atoms with van der Waals surface area (Å²) in [5, 5.41) is 23.1. The zero-order chi connectivity index (χ0) is 51.4. The maximum atomic E-state index is 12.5. The first-order valence-electron chi connectivity index (χ1n) is 31.8. The summed E-state index contributed by atoms with van der Waals surface area (Å²) in [6.45, 7) is 4.92. The van der Waals surface area contributed by atoms with Crippen LogP contribution in [0.2, 0.25) is 0 Å². The molecule has 6 heteroatoms. The number of hydrogen-bond acceptors (Lipinski definition) is 5. The molecule has 418 valence electrons. The van der Waals surface area contributed by atoms with Crippen molar-refractivity contribution in [2.24, 2.45) is 0 Å². The van der Waals surface area contributed by atoms with Crippen LogP contribution in [0.5, 0.6) is 0 Å². The van der Waals surface area contributed by atoms with Crippen molar-refractivity contribution in [3.05, 3.63) is 36.5 Å². The van der Waals surface area contributed by atoms with Crippen molar-refractivity contribution < 1.29 is 24.5 Å². The lowest BCUT2D eigenvalue weighted by atomic mass is 10.0. The third-order valence-electron chi connectivity index (χ3n) is 14.7. The quantitative estimate of drug-likeness (QED) is 0.0321. The average molecular weight is 999 g/mol. The Morgan fingerprint density at radius 1 is 0.394 bits per heavy atom. The molecule has 2 atom stereocenters. The van der Waals surface area contributed by atoms with Crippen molar-refractivity contribution in [1.29, 1.82) is 0 Å². The molecular weight excluding hydrogens is 875 g/mol. The Hall–Kier alpha value is -1.92. The van der Waals surface area contributed by atoms with E-state index < -0.39 is 12.1 Å². The number of aliphatic hydroxyl groups excluding tert-OH is 2. The second-order valence-electron chi connectivity index (χ2n) is 21.7. The van der Waals surface area contributed by atoms with Gasteiger partial charge in [0, 0.05) is 12.8 Å². The molecule has 0 aliphatic rings. The molecule has 0 aromatic carbocycles. The number of aliphatic hydroxyl groups is 2. The lowest BCUT2D eigenvalue weighted by Gasteiger charge is -2.20. The maximum absolute atomic E-state index is 12.5. The van der Waals surface area contributed by atoms with Crippen LogP contribution >= 0.6 is 0 Å². The van der Waals surface area contributed by atoms with Gasteiger partial charge in [0.05, 0.1) is 25.4 Å². The molecule has 0 aliphatic carbocycles. The van der Waals surface area contributed by atoms with Crippen LogP contribution in [0.3, 0.4) is 0 Å². The van der Waals surface area contributed by atoms with Gasteiger partial charge in [0.15, 0.2) is 0 Å². The molecule has 0 heterocycles. The van der Waals surface area contributed by atoms with Gasteiger partial charge >= 0.3 is 5.97 Å². The number of carbonyl (C=O) groups excluding carboxylic acids is 2. The highest BCUT2D eigenvalue weighted by molar-refractivity contribution is 5.76. The molecule has 1 amide bonds. The Morgan fingerprint density at radius 3 is 1.07 bits per heavy atom. The van der Waals surface area contributed by atoms with Gasteiger partial charge in [0.2, 0.25) is 5.91 Å². The number of rotatable bonds is 59. The van der Waals surface area contributed by atoms with Gasteiger partial charge in [0.1, 0.15) is 0 Å². The number of ether oxygens (including phenoxy) is 1. The number of carbonyl (C=O) groups is 2. The van der Waals surface area contributed by atoms with E-state index in [0.717, 1.165) is 57.8 Å². The highest BCUT2D eigenvalue weighted by atomic mass is 16.5. The molecule has 0 saturated carbocycles. The van der Waals surface area contributed by atoms with Crippen LogP contribution in [-0.4, -0.2) is 47.4 Å². The fraction of sp³-hybridized carbons (Fsp3) is 0.877. The SMILES string of the molecule is CCCCCCCCCCCCCCCCC/C=C/C(O)C(CO)NC(=O)CCCCCCCCC/C=C\C/C=C\CCCCCCCCCCCOC(=O)CCCCCCCCCCCCCCCC. The van der Waals surface area contributed by atoms with Gasteiger partial charge in [-0.1, -0.05) is 301 Å². The predicted molar refractivity (Wildman–Crippen MR) is 310 cm³/mol. The second-order valence-corrected chi connectivity index (χ2v) is 21.7. The maximum Gasteiger partial charge on any atom is 0.305 e. The first kappa shape index (κ1) is 69.1. The lowest BCUT2D eigenvalue weighted by Crippen LogP contribution is -2.45. The summed E-state index contributed by atoms with van der Waals surface area (Å²) in [6, 6.07) is -0.636.